The van der Waals surface area contributed by atoms with E-state index in [2.05, 4.69) is 11.4 Å². The van der Waals surface area contributed by atoms with Crippen LogP contribution >= 0.6 is 0 Å². The molecule has 1 rings (SSSR count). The van der Waals surface area contributed by atoms with Gasteiger partial charge in [-0.2, -0.15) is 0 Å². The number of hydrogen-bond donors (Lipinski definition) is 3. The van der Waals surface area contributed by atoms with Crippen molar-refractivity contribution in [2.75, 3.05) is 20.2 Å². The number of benzene rings is 1. The number of rotatable bonds is 6. The summed E-state index contributed by atoms with van der Waals surface area (Å²) in [7, 11) is 1.65. The number of carbonyl (C=O) groups is 1. The second kappa shape index (κ2) is 7.11. The Kier molecular flexibility index (Phi) is 5.79. The summed E-state index contributed by atoms with van der Waals surface area (Å²) in [5, 5.41) is 11.9. The van der Waals surface area contributed by atoms with Gasteiger partial charge in [0, 0.05) is 13.1 Å². The van der Waals surface area contributed by atoms with Gasteiger partial charge in [0.1, 0.15) is 11.9 Å². The molecule has 0 aromatic heterocycles. The molecular weight excluding hydrogens is 244 g/mol. The van der Waals surface area contributed by atoms with Gasteiger partial charge >= 0.3 is 0 Å². The third kappa shape index (κ3) is 4.22. The number of aliphatic hydroxyl groups is 1. The van der Waals surface area contributed by atoms with Gasteiger partial charge < -0.3 is 20.9 Å². The Bertz CT molecular complexity index is 447. The van der Waals surface area contributed by atoms with Crippen LogP contribution in [0.4, 0.5) is 0 Å². The number of amides is 1. The summed E-state index contributed by atoms with van der Waals surface area (Å²) >= 11 is 0. The van der Waals surface area contributed by atoms with Gasteiger partial charge in [-0.3, -0.25) is 4.79 Å². The molecule has 0 saturated carbocycles. The Morgan fingerprint density at radius 3 is 2.68 bits per heavy atom. The quantitative estimate of drug-likeness (QED) is 0.691. The van der Waals surface area contributed by atoms with E-state index in [1.807, 2.05) is 19.9 Å². The molecule has 1 amide bonds. The Balaban J connectivity index is 2.59. The van der Waals surface area contributed by atoms with Crippen LogP contribution in [-0.4, -0.2) is 37.3 Å². The summed E-state index contributed by atoms with van der Waals surface area (Å²) in [6.45, 7) is 4.40. The van der Waals surface area contributed by atoms with E-state index >= 15 is 0 Å². The third-order valence-corrected chi connectivity index (χ3v) is 3.07. The number of methoxy groups -OCH3 is 1. The third-order valence-electron chi connectivity index (χ3n) is 3.07. The predicted octanol–water partition coefficient (Wildman–Crippen LogP) is 0.290. The summed E-state index contributed by atoms with van der Waals surface area (Å²) in [5.41, 5.74) is 8.55. The summed E-state index contributed by atoms with van der Waals surface area (Å²) in [6.07, 6.45) is -0.418. The predicted molar refractivity (Wildman–Crippen MR) is 74.2 cm³/mol. The van der Waals surface area contributed by atoms with Crippen molar-refractivity contribution in [2.24, 2.45) is 5.73 Å². The molecule has 0 aliphatic rings. The van der Waals surface area contributed by atoms with Crippen molar-refractivity contribution in [3.05, 3.63) is 28.8 Å². The number of ether oxygens (including phenoxy) is 1. The topological polar surface area (TPSA) is 84.6 Å². The number of hydrogen-bond acceptors (Lipinski definition) is 4. The van der Waals surface area contributed by atoms with Crippen LogP contribution < -0.4 is 15.8 Å². The van der Waals surface area contributed by atoms with E-state index in [1.54, 1.807) is 7.11 Å². The normalized spacial score (nSPS) is 12.1. The molecule has 0 heterocycles. The van der Waals surface area contributed by atoms with Gasteiger partial charge in [-0.05, 0) is 43.0 Å². The van der Waals surface area contributed by atoms with Crippen molar-refractivity contribution in [1.29, 1.82) is 0 Å². The van der Waals surface area contributed by atoms with Gasteiger partial charge in [-0.1, -0.05) is 6.07 Å². The van der Waals surface area contributed by atoms with E-state index in [0.29, 0.717) is 13.0 Å². The Morgan fingerprint density at radius 2 is 2.11 bits per heavy atom. The maximum absolute atomic E-state index is 11.4. The lowest BCUT2D eigenvalue weighted by Crippen LogP contribution is -2.40. The summed E-state index contributed by atoms with van der Waals surface area (Å²) in [5.74, 6) is 0.439. The van der Waals surface area contributed by atoms with Crippen LogP contribution in [0.3, 0.4) is 0 Å². The van der Waals surface area contributed by atoms with Crippen molar-refractivity contribution in [2.45, 2.75) is 26.4 Å². The molecule has 0 saturated heterocycles. The summed E-state index contributed by atoms with van der Waals surface area (Å²) in [6, 6.07) is 4.04. The summed E-state index contributed by atoms with van der Waals surface area (Å²) in [4.78, 5) is 11.4. The summed E-state index contributed by atoms with van der Waals surface area (Å²) < 4.78 is 5.25. The molecular formula is C14H22N2O3. The Labute approximate surface area is 113 Å². The average molecular weight is 266 g/mol. The van der Waals surface area contributed by atoms with E-state index in [-0.39, 0.29) is 6.54 Å². The molecule has 106 valence electrons. The number of nitrogens with one attached hydrogen (secondary N) is 1. The smallest absolute Gasteiger partial charge is 0.250 e. The number of aliphatic hydroxyl groups excluding tert-OH is 1. The highest BCUT2D eigenvalue weighted by Crippen LogP contribution is 2.22. The molecule has 5 heteroatoms. The van der Waals surface area contributed by atoms with Crippen molar-refractivity contribution >= 4 is 5.91 Å². The second-order valence-corrected chi connectivity index (χ2v) is 4.54. The average Bonchev–Trinajstić information content (AvgIpc) is 2.40. The zero-order chi connectivity index (χ0) is 14.4. The van der Waals surface area contributed by atoms with Crippen molar-refractivity contribution < 1.29 is 14.6 Å². The lowest BCUT2D eigenvalue weighted by Gasteiger charge is -2.13. The highest BCUT2D eigenvalue weighted by Gasteiger charge is 2.12. The van der Waals surface area contributed by atoms with Gasteiger partial charge in [0.05, 0.1) is 7.11 Å². The van der Waals surface area contributed by atoms with E-state index in [4.69, 9.17) is 10.5 Å². The molecule has 19 heavy (non-hydrogen) atoms. The number of carbonyl (C=O) groups excluding carboxylic acids is 1. The lowest BCUT2D eigenvalue weighted by atomic mass is 10.0. The molecule has 0 aliphatic carbocycles. The maximum atomic E-state index is 11.4. The zero-order valence-corrected chi connectivity index (χ0v) is 11.7. The fourth-order valence-corrected chi connectivity index (χ4v) is 1.88. The van der Waals surface area contributed by atoms with Crippen molar-refractivity contribution in [3.63, 3.8) is 0 Å². The second-order valence-electron chi connectivity index (χ2n) is 4.54. The van der Waals surface area contributed by atoms with Crippen LogP contribution in [0.2, 0.25) is 0 Å². The van der Waals surface area contributed by atoms with Crippen LogP contribution in [0, 0.1) is 13.8 Å². The first-order valence-corrected chi connectivity index (χ1v) is 6.29. The van der Waals surface area contributed by atoms with Gasteiger partial charge in [-0.25, -0.2) is 0 Å². The lowest BCUT2D eigenvalue weighted by molar-refractivity contribution is -0.128. The molecule has 0 fully saturated rings. The van der Waals surface area contributed by atoms with E-state index in [9.17, 15) is 9.90 Å². The van der Waals surface area contributed by atoms with Crippen LogP contribution in [0.15, 0.2) is 12.1 Å². The first-order chi connectivity index (χ1) is 8.99. The molecule has 1 aromatic carbocycles. The first-order valence-electron chi connectivity index (χ1n) is 6.29. The monoisotopic (exact) mass is 266 g/mol. The highest BCUT2D eigenvalue weighted by molar-refractivity contribution is 5.80. The number of aryl methyl sites for hydroxylation is 2. The molecule has 1 atom stereocenters. The van der Waals surface area contributed by atoms with Crippen LogP contribution in [0.5, 0.6) is 5.75 Å². The van der Waals surface area contributed by atoms with Crippen LogP contribution in [-0.2, 0) is 11.2 Å². The molecule has 1 aromatic rings. The zero-order valence-electron chi connectivity index (χ0n) is 11.7. The van der Waals surface area contributed by atoms with Gasteiger partial charge in [0.25, 0.3) is 0 Å². The molecule has 0 bridgehead atoms. The minimum absolute atomic E-state index is 0.0630. The Morgan fingerprint density at radius 1 is 1.42 bits per heavy atom. The largest absolute Gasteiger partial charge is 0.496 e. The highest BCUT2D eigenvalue weighted by atomic mass is 16.5. The molecule has 1 unspecified atom stereocenters. The fraction of sp³-hybridized carbons (Fsp3) is 0.500. The molecule has 0 radical (unpaired) electrons. The van der Waals surface area contributed by atoms with Gasteiger partial charge in [0.2, 0.25) is 5.91 Å². The van der Waals surface area contributed by atoms with E-state index < -0.39 is 12.0 Å². The maximum Gasteiger partial charge on any atom is 0.250 e. The van der Waals surface area contributed by atoms with E-state index in [0.717, 1.165) is 22.4 Å². The van der Waals surface area contributed by atoms with Crippen molar-refractivity contribution in [3.8, 4) is 5.75 Å². The Hall–Kier alpha value is -1.59. The fourth-order valence-electron chi connectivity index (χ4n) is 1.88. The SMILES string of the molecule is COc1cc(C)c(CCNC(=O)C(O)CN)cc1C. The van der Waals surface area contributed by atoms with Crippen LogP contribution in [0.25, 0.3) is 0 Å². The molecule has 0 spiro atoms. The van der Waals surface area contributed by atoms with Crippen molar-refractivity contribution in [1.82, 2.24) is 5.32 Å². The standard InChI is InChI=1S/C14H22N2O3/c1-9-7-13(19-3)10(2)6-11(9)4-5-16-14(18)12(17)8-15/h6-7,12,17H,4-5,8,15H2,1-3H3,(H,16,18). The minimum Gasteiger partial charge on any atom is -0.496 e. The number of nitrogens with two attached hydrogens (primary N) is 1. The molecule has 0 aliphatic heterocycles. The van der Waals surface area contributed by atoms with Gasteiger partial charge in [-0.15, -0.1) is 0 Å². The van der Waals surface area contributed by atoms with Crippen LogP contribution in [0.1, 0.15) is 16.7 Å². The minimum atomic E-state index is -1.13. The molecule has 4 N–H and O–H groups in total. The van der Waals surface area contributed by atoms with E-state index in [1.165, 1.54) is 0 Å². The van der Waals surface area contributed by atoms with Gasteiger partial charge in [0.15, 0.2) is 0 Å². The molecule has 5 nitrogen and oxygen atoms in total. The first kappa shape index (κ1) is 15.5.